The zero-order valence-corrected chi connectivity index (χ0v) is 12.6. The fraction of sp³-hybridized carbons (Fsp3) is 0.333. The molecule has 8 nitrogen and oxygen atoms in total. The first kappa shape index (κ1) is 15.0. The lowest BCUT2D eigenvalue weighted by molar-refractivity contribution is -0.122. The van der Waals surface area contributed by atoms with E-state index in [1.54, 1.807) is 0 Å². The highest BCUT2D eigenvalue weighted by atomic mass is 16.2. The highest BCUT2D eigenvalue weighted by molar-refractivity contribution is 6.04. The van der Waals surface area contributed by atoms with Crippen LogP contribution in [-0.2, 0) is 16.1 Å². The molecular formula is C15H17N5O3. The van der Waals surface area contributed by atoms with Gasteiger partial charge in [-0.2, -0.15) is 0 Å². The van der Waals surface area contributed by atoms with Crippen molar-refractivity contribution in [1.82, 2.24) is 25.9 Å². The molecule has 0 spiro atoms. The number of fused-ring (bicyclic) bond motifs is 1. The summed E-state index contributed by atoms with van der Waals surface area (Å²) >= 11 is 0. The minimum absolute atomic E-state index is 0.150. The summed E-state index contributed by atoms with van der Waals surface area (Å²) in [6, 6.07) is 4.75. The summed E-state index contributed by atoms with van der Waals surface area (Å²) in [6.07, 6.45) is 0.417. The normalized spacial score (nSPS) is 17.2. The van der Waals surface area contributed by atoms with Crippen molar-refractivity contribution in [2.75, 3.05) is 0 Å². The molecule has 8 heteroatoms. The van der Waals surface area contributed by atoms with Crippen LogP contribution in [0.2, 0.25) is 0 Å². The van der Waals surface area contributed by atoms with Crippen molar-refractivity contribution in [3.63, 3.8) is 0 Å². The molecule has 0 aliphatic carbocycles. The Kier molecular flexibility index (Phi) is 3.96. The zero-order valence-electron chi connectivity index (χ0n) is 12.6. The van der Waals surface area contributed by atoms with Crippen molar-refractivity contribution >= 4 is 28.9 Å². The first-order valence-electron chi connectivity index (χ1n) is 7.34. The third-order valence-electron chi connectivity index (χ3n) is 3.66. The van der Waals surface area contributed by atoms with Crippen LogP contribution in [0.3, 0.4) is 0 Å². The molecule has 0 saturated carbocycles. The quantitative estimate of drug-likeness (QED) is 0.600. The largest absolute Gasteiger partial charge is 0.349 e. The smallest absolute Gasteiger partial charge is 0.322 e. The number of aromatic amines is 1. The topological polar surface area (TPSA) is 116 Å². The van der Waals surface area contributed by atoms with Gasteiger partial charge in [0.1, 0.15) is 11.9 Å². The molecule has 1 aliphatic rings. The van der Waals surface area contributed by atoms with Crippen LogP contribution in [-0.4, -0.2) is 33.9 Å². The molecule has 0 bridgehead atoms. The standard InChI is InChI=1S/C15H17N5O3/c1-8-2-3-9-11(6-8)18-12(17-9)7-16-13(21)5-4-10-14(22)20-15(23)19-10/h2-3,6,10H,4-5,7H2,1H3,(H,16,21)(H,17,18)(H2,19,20,22,23)/t10-/m0/s1. The molecule has 2 heterocycles. The molecule has 120 valence electrons. The molecule has 1 aromatic carbocycles. The average Bonchev–Trinajstić information content (AvgIpc) is 3.04. The maximum atomic E-state index is 11.8. The predicted octanol–water partition coefficient (Wildman–Crippen LogP) is 0.476. The van der Waals surface area contributed by atoms with Gasteiger partial charge in [0.15, 0.2) is 0 Å². The van der Waals surface area contributed by atoms with Crippen molar-refractivity contribution in [2.45, 2.75) is 32.4 Å². The van der Waals surface area contributed by atoms with Crippen LogP contribution in [0, 0.1) is 6.92 Å². The number of aryl methyl sites for hydroxylation is 1. The van der Waals surface area contributed by atoms with E-state index in [-0.39, 0.29) is 25.3 Å². The lowest BCUT2D eigenvalue weighted by atomic mass is 10.1. The number of benzene rings is 1. The molecule has 3 rings (SSSR count). The van der Waals surface area contributed by atoms with E-state index in [9.17, 15) is 14.4 Å². The molecule has 4 N–H and O–H groups in total. The first-order chi connectivity index (χ1) is 11.0. The average molecular weight is 315 g/mol. The van der Waals surface area contributed by atoms with Crippen molar-refractivity contribution in [2.24, 2.45) is 0 Å². The van der Waals surface area contributed by atoms with Crippen LogP contribution >= 0.6 is 0 Å². The number of aromatic nitrogens is 2. The second kappa shape index (κ2) is 6.07. The van der Waals surface area contributed by atoms with Gasteiger partial charge in [-0.25, -0.2) is 9.78 Å². The summed E-state index contributed by atoms with van der Waals surface area (Å²) in [7, 11) is 0. The van der Waals surface area contributed by atoms with E-state index in [1.165, 1.54) is 0 Å². The first-order valence-corrected chi connectivity index (χ1v) is 7.34. The lowest BCUT2D eigenvalue weighted by Gasteiger charge is -2.07. The number of H-pyrrole nitrogens is 1. The number of rotatable bonds is 5. The molecule has 1 atom stereocenters. The molecular weight excluding hydrogens is 298 g/mol. The Morgan fingerprint density at radius 2 is 2.17 bits per heavy atom. The molecule has 0 unspecified atom stereocenters. The van der Waals surface area contributed by atoms with E-state index in [2.05, 4.69) is 25.9 Å². The molecule has 0 radical (unpaired) electrons. The summed E-state index contributed by atoms with van der Waals surface area (Å²) < 4.78 is 0. The van der Waals surface area contributed by atoms with E-state index in [4.69, 9.17) is 0 Å². The highest BCUT2D eigenvalue weighted by Gasteiger charge is 2.29. The van der Waals surface area contributed by atoms with Gasteiger partial charge < -0.3 is 15.6 Å². The van der Waals surface area contributed by atoms with Crippen LogP contribution in [0.5, 0.6) is 0 Å². The van der Waals surface area contributed by atoms with Crippen molar-refractivity contribution in [3.8, 4) is 0 Å². The third-order valence-corrected chi connectivity index (χ3v) is 3.66. The van der Waals surface area contributed by atoms with Gasteiger partial charge in [0.25, 0.3) is 5.91 Å². The molecule has 2 aromatic rings. The SMILES string of the molecule is Cc1ccc2nc(CNC(=O)CC[C@@H]3NC(=O)NC3=O)[nH]c2c1. The molecule has 1 fully saturated rings. The fourth-order valence-corrected chi connectivity index (χ4v) is 2.47. The minimum Gasteiger partial charge on any atom is -0.349 e. The Morgan fingerprint density at radius 3 is 2.91 bits per heavy atom. The van der Waals surface area contributed by atoms with Gasteiger partial charge in [0.05, 0.1) is 17.6 Å². The van der Waals surface area contributed by atoms with E-state index in [0.29, 0.717) is 5.82 Å². The van der Waals surface area contributed by atoms with Gasteiger partial charge in [0.2, 0.25) is 5.91 Å². The van der Waals surface area contributed by atoms with Crippen LogP contribution < -0.4 is 16.0 Å². The van der Waals surface area contributed by atoms with E-state index >= 15 is 0 Å². The lowest BCUT2D eigenvalue weighted by Crippen LogP contribution is -2.31. The van der Waals surface area contributed by atoms with Gasteiger partial charge in [-0.1, -0.05) is 6.07 Å². The Hall–Kier alpha value is -2.90. The molecule has 4 amide bonds. The molecule has 1 aromatic heterocycles. The maximum absolute atomic E-state index is 11.8. The number of hydrogen-bond acceptors (Lipinski definition) is 4. The van der Waals surface area contributed by atoms with Crippen molar-refractivity contribution in [3.05, 3.63) is 29.6 Å². The van der Waals surface area contributed by atoms with Crippen molar-refractivity contribution in [1.29, 1.82) is 0 Å². The number of nitrogens with one attached hydrogen (secondary N) is 4. The van der Waals surface area contributed by atoms with Gasteiger partial charge in [-0.05, 0) is 31.0 Å². The molecule has 1 saturated heterocycles. The van der Waals surface area contributed by atoms with Crippen LogP contribution in [0.15, 0.2) is 18.2 Å². The number of hydrogen-bond donors (Lipinski definition) is 4. The maximum Gasteiger partial charge on any atom is 0.322 e. The third kappa shape index (κ3) is 3.47. The van der Waals surface area contributed by atoms with E-state index in [0.717, 1.165) is 16.6 Å². The van der Waals surface area contributed by atoms with Crippen LogP contribution in [0.25, 0.3) is 11.0 Å². The van der Waals surface area contributed by atoms with Crippen LogP contribution in [0.1, 0.15) is 24.2 Å². The summed E-state index contributed by atoms with van der Waals surface area (Å²) in [4.78, 5) is 41.7. The fourth-order valence-electron chi connectivity index (χ4n) is 2.47. The van der Waals surface area contributed by atoms with Gasteiger partial charge in [-0.3, -0.25) is 14.9 Å². The number of imidazole rings is 1. The summed E-state index contributed by atoms with van der Waals surface area (Å²) in [5.41, 5.74) is 2.92. The number of nitrogens with zero attached hydrogens (tertiary/aromatic N) is 1. The Morgan fingerprint density at radius 1 is 1.35 bits per heavy atom. The summed E-state index contributed by atoms with van der Waals surface area (Å²) in [5, 5.41) is 7.34. The van der Waals surface area contributed by atoms with Crippen LogP contribution in [0.4, 0.5) is 4.79 Å². The summed E-state index contributed by atoms with van der Waals surface area (Å²) in [5.74, 6) is 0.0805. The second-order valence-electron chi connectivity index (χ2n) is 5.53. The Labute approximate surface area is 132 Å². The Balaban J connectivity index is 1.50. The second-order valence-corrected chi connectivity index (χ2v) is 5.53. The highest BCUT2D eigenvalue weighted by Crippen LogP contribution is 2.13. The van der Waals surface area contributed by atoms with Gasteiger partial charge >= 0.3 is 6.03 Å². The van der Waals surface area contributed by atoms with Gasteiger partial charge in [-0.15, -0.1) is 0 Å². The number of urea groups is 1. The van der Waals surface area contributed by atoms with E-state index in [1.807, 2.05) is 25.1 Å². The van der Waals surface area contributed by atoms with Crippen molar-refractivity contribution < 1.29 is 14.4 Å². The number of imide groups is 1. The Bertz CT molecular complexity index is 783. The zero-order chi connectivity index (χ0) is 16.4. The molecule has 1 aliphatic heterocycles. The monoisotopic (exact) mass is 315 g/mol. The summed E-state index contributed by atoms with van der Waals surface area (Å²) in [6.45, 7) is 2.29. The number of carbonyl (C=O) groups is 3. The molecule has 23 heavy (non-hydrogen) atoms. The number of carbonyl (C=O) groups excluding carboxylic acids is 3. The van der Waals surface area contributed by atoms with Gasteiger partial charge in [0, 0.05) is 6.42 Å². The number of amides is 4. The predicted molar refractivity (Wildman–Crippen MR) is 82.4 cm³/mol. The van der Waals surface area contributed by atoms with E-state index < -0.39 is 18.0 Å². The minimum atomic E-state index is -0.637.